The van der Waals surface area contributed by atoms with E-state index in [-0.39, 0.29) is 11.9 Å². The van der Waals surface area contributed by atoms with Gasteiger partial charge in [0.1, 0.15) is 11.6 Å². The first-order chi connectivity index (χ1) is 9.16. The second kappa shape index (κ2) is 4.66. The molecule has 1 aromatic heterocycles. The van der Waals surface area contributed by atoms with E-state index in [0.717, 1.165) is 24.5 Å². The Morgan fingerprint density at radius 2 is 2.21 bits per heavy atom. The third-order valence-electron chi connectivity index (χ3n) is 3.57. The zero-order valence-corrected chi connectivity index (χ0v) is 10.9. The monoisotopic (exact) mass is 260 g/mol. The first kappa shape index (κ1) is 12.2. The van der Waals surface area contributed by atoms with E-state index in [4.69, 9.17) is 5.73 Å². The number of fused-ring (bicyclic) bond motifs is 1. The molecule has 4 nitrogen and oxygen atoms in total. The highest BCUT2D eigenvalue weighted by atomic mass is 19.1. The Morgan fingerprint density at radius 1 is 1.37 bits per heavy atom. The van der Waals surface area contributed by atoms with Crippen LogP contribution in [0.25, 0.3) is 0 Å². The molecule has 5 heteroatoms. The van der Waals surface area contributed by atoms with E-state index in [1.165, 1.54) is 6.07 Å². The standard InChI is InChI=1S/C14H17FN4/c1-10(16)11-3-2-4-12(15)14(11)19-8-7-18-6-5-17-13(18)9-19/h2-6,10H,7-9,16H2,1H3. The van der Waals surface area contributed by atoms with E-state index >= 15 is 0 Å². The van der Waals surface area contributed by atoms with Gasteiger partial charge in [-0.25, -0.2) is 9.37 Å². The molecule has 1 aliphatic rings. The van der Waals surface area contributed by atoms with Crippen LogP contribution in [0.15, 0.2) is 30.6 Å². The van der Waals surface area contributed by atoms with E-state index < -0.39 is 0 Å². The predicted molar refractivity (Wildman–Crippen MR) is 72.3 cm³/mol. The molecule has 2 aromatic rings. The zero-order chi connectivity index (χ0) is 13.4. The molecule has 0 bridgehead atoms. The molecule has 0 amide bonds. The van der Waals surface area contributed by atoms with Gasteiger partial charge in [0.2, 0.25) is 0 Å². The van der Waals surface area contributed by atoms with Crippen molar-refractivity contribution in [3.63, 3.8) is 0 Å². The second-order valence-corrected chi connectivity index (χ2v) is 4.92. The Balaban J connectivity index is 2.00. The van der Waals surface area contributed by atoms with Crippen LogP contribution < -0.4 is 10.6 Å². The molecular weight excluding hydrogens is 243 g/mol. The van der Waals surface area contributed by atoms with Crippen LogP contribution in [0, 0.1) is 5.82 Å². The number of benzene rings is 1. The minimum Gasteiger partial charge on any atom is -0.360 e. The number of para-hydroxylation sites is 1. The van der Waals surface area contributed by atoms with Crippen molar-refractivity contribution in [1.29, 1.82) is 0 Å². The lowest BCUT2D eigenvalue weighted by molar-refractivity contribution is 0.540. The number of rotatable bonds is 2. The highest BCUT2D eigenvalue weighted by Gasteiger charge is 2.22. The van der Waals surface area contributed by atoms with Gasteiger partial charge < -0.3 is 15.2 Å². The van der Waals surface area contributed by atoms with Crippen LogP contribution in [0.3, 0.4) is 0 Å². The summed E-state index contributed by atoms with van der Waals surface area (Å²) >= 11 is 0. The number of halogens is 1. The number of imidazole rings is 1. The fraction of sp³-hybridized carbons (Fsp3) is 0.357. The highest BCUT2D eigenvalue weighted by Crippen LogP contribution is 2.30. The topological polar surface area (TPSA) is 47.1 Å². The zero-order valence-electron chi connectivity index (χ0n) is 10.9. The molecular formula is C14H17FN4. The fourth-order valence-electron chi connectivity index (χ4n) is 2.60. The lowest BCUT2D eigenvalue weighted by atomic mass is 10.0. The smallest absolute Gasteiger partial charge is 0.146 e. The second-order valence-electron chi connectivity index (χ2n) is 4.92. The third-order valence-corrected chi connectivity index (χ3v) is 3.57. The molecule has 0 aliphatic carbocycles. The Bertz CT molecular complexity index is 591. The van der Waals surface area contributed by atoms with Gasteiger partial charge in [0.15, 0.2) is 0 Å². The van der Waals surface area contributed by atoms with Crippen molar-refractivity contribution in [3.8, 4) is 0 Å². The van der Waals surface area contributed by atoms with Gasteiger partial charge in [-0.05, 0) is 18.6 Å². The molecule has 0 saturated carbocycles. The molecule has 2 heterocycles. The number of hydrogen-bond donors (Lipinski definition) is 1. The lowest BCUT2D eigenvalue weighted by Crippen LogP contribution is -2.35. The Labute approximate surface area is 111 Å². The van der Waals surface area contributed by atoms with E-state index in [9.17, 15) is 4.39 Å². The Morgan fingerprint density at radius 3 is 3.00 bits per heavy atom. The third kappa shape index (κ3) is 2.10. The van der Waals surface area contributed by atoms with Gasteiger partial charge >= 0.3 is 0 Å². The van der Waals surface area contributed by atoms with Crippen LogP contribution in [0.1, 0.15) is 24.4 Å². The molecule has 1 atom stereocenters. The Hall–Kier alpha value is -1.88. The van der Waals surface area contributed by atoms with Crippen LogP contribution >= 0.6 is 0 Å². The van der Waals surface area contributed by atoms with Gasteiger partial charge in [-0.15, -0.1) is 0 Å². The van der Waals surface area contributed by atoms with E-state index in [2.05, 4.69) is 9.55 Å². The fourth-order valence-corrected chi connectivity index (χ4v) is 2.60. The number of aromatic nitrogens is 2. The van der Waals surface area contributed by atoms with Crippen molar-refractivity contribution in [2.75, 3.05) is 11.4 Å². The van der Waals surface area contributed by atoms with Crippen molar-refractivity contribution >= 4 is 5.69 Å². The molecule has 1 unspecified atom stereocenters. The van der Waals surface area contributed by atoms with Gasteiger partial charge in [0.25, 0.3) is 0 Å². The summed E-state index contributed by atoms with van der Waals surface area (Å²) in [5.41, 5.74) is 7.42. The first-order valence-corrected chi connectivity index (χ1v) is 6.46. The highest BCUT2D eigenvalue weighted by molar-refractivity contribution is 5.56. The summed E-state index contributed by atoms with van der Waals surface area (Å²) in [7, 11) is 0. The summed E-state index contributed by atoms with van der Waals surface area (Å²) < 4.78 is 16.3. The van der Waals surface area contributed by atoms with Crippen molar-refractivity contribution in [1.82, 2.24) is 9.55 Å². The van der Waals surface area contributed by atoms with Crippen molar-refractivity contribution in [2.45, 2.75) is 26.1 Å². The van der Waals surface area contributed by atoms with Crippen molar-refractivity contribution in [3.05, 3.63) is 47.8 Å². The van der Waals surface area contributed by atoms with Gasteiger partial charge in [0, 0.05) is 31.5 Å². The minimum atomic E-state index is -0.213. The summed E-state index contributed by atoms with van der Waals surface area (Å²) in [5.74, 6) is 0.750. The van der Waals surface area contributed by atoms with Gasteiger partial charge in [0.05, 0.1) is 12.2 Å². The molecule has 100 valence electrons. The maximum Gasteiger partial charge on any atom is 0.146 e. The summed E-state index contributed by atoms with van der Waals surface area (Å²) in [5, 5.41) is 0. The Kier molecular flexibility index (Phi) is 2.98. The van der Waals surface area contributed by atoms with Crippen molar-refractivity contribution in [2.24, 2.45) is 5.73 Å². The number of nitrogens with zero attached hydrogens (tertiary/aromatic N) is 3. The predicted octanol–water partition coefficient (Wildman–Crippen LogP) is 2.06. The molecule has 3 rings (SSSR count). The summed E-state index contributed by atoms with van der Waals surface area (Å²) in [6.45, 7) is 4.09. The molecule has 0 spiro atoms. The first-order valence-electron chi connectivity index (χ1n) is 6.46. The lowest BCUT2D eigenvalue weighted by Gasteiger charge is -2.32. The number of anilines is 1. The van der Waals surface area contributed by atoms with E-state index in [0.29, 0.717) is 12.2 Å². The summed E-state index contributed by atoms with van der Waals surface area (Å²) in [6.07, 6.45) is 3.74. The molecule has 1 aliphatic heterocycles. The molecule has 1 aromatic carbocycles. The molecule has 0 saturated heterocycles. The van der Waals surface area contributed by atoms with Gasteiger partial charge in [-0.2, -0.15) is 0 Å². The molecule has 19 heavy (non-hydrogen) atoms. The van der Waals surface area contributed by atoms with Crippen LogP contribution in [0.4, 0.5) is 10.1 Å². The number of nitrogens with two attached hydrogens (primary N) is 1. The average molecular weight is 260 g/mol. The summed E-state index contributed by atoms with van der Waals surface area (Å²) in [6, 6.07) is 4.90. The van der Waals surface area contributed by atoms with Crippen LogP contribution in [0.5, 0.6) is 0 Å². The largest absolute Gasteiger partial charge is 0.360 e. The molecule has 0 radical (unpaired) electrons. The molecule has 0 fully saturated rings. The van der Waals surface area contributed by atoms with Gasteiger partial charge in [-0.3, -0.25) is 0 Å². The van der Waals surface area contributed by atoms with Crippen LogP contribution in [0.2, 0.25) is 0 Å². The average Bonchev–Trinajstić information content (AvgIpc) is 2.85. The number of hydrogen-bond acceptors (Lipinski definition) is 3. The minimum absolute atomic E-state index is 0.188. The maximum absolute atomic E-state index is 14.2. The maximum atomic E-state index is 14.2. The van der Waals surface area contributed by atoms with Crippen molar-refractivity contribution < 1.29 is 4.39 Å². The quantitative estimate of drug-likeness (QED) is 0.899. The van der Waals surface area contributed by atoms with Crippen LogP contribution in [-0.2, 0) is 13.1 Å². The van der Waals surface area contributed by atoms with Crippen LogP contribution in [-0.4, -0.2) is 16.1 Å². The SMILES string of the molecule is CC(N)c1cccc(F)c1N1CCn2ccnc2C1. The van der Waals surface area contributed by atoms with E-state index in [1.54, 1.807) is 12.3 Å². The van der Waals surface area contributed by atoms with Gasteiger partial charge in [-0.1, -0.05) is 12.1 Å². The van der Waals surface area contributed by atoms with E-state index in [1.807, 2.05) is 24.1 Å². The summed E-state index contributed by atoms with van der Waals surface area (Å²) in [4.78, 5) is 6.33. The normalized spacial score (nSPS) is 16.3. The molecule has 2 N–H and O–H groups in total.